The molecule has 0 unspecified atom stereocenters. The Hall–Kier alpha value is -2.42. The van der Waals surface area contributed by atoms with Crippen molar-refractivity contribution < 1.29 is 27.9 Å². The van der Waals surface area contributed by atoms with Crippen LogP contribution in [0.15, 0.2) is 17.5 Å². The second-order valence-corrected chi connectivity index (χ2v) is 4.41. The fourth-order valence-electron chi connectivity index (χ4n) is 1.29. The molecule has 0 fully saturated rings. The first-order valence-corrected chi connectivity index (χ1v) is 5.91. The van der Waals surface area contributed by atoms with Crippen molar-refractivity contribution in [2.75, 3.05) is 5.32 Å². The van der Waals surface area contributed by atoms with Crippen LogP contribution in [0.5, 0.6) is 0 Å². The van der Waals surface area contributed by atoms with Gasteiger partial charge < -0.3 is 10.4 Å². The van der Waals surface area contributed by atoms with Crippen molar-refractivity contribution in [3.05, 3.63) is 45.7 Å². The number of hydrogen-bond donors (Lipinski definition) is 2. The summed E-state index contributed by atoms with van der Waals surface area (Å²) in [6.07, 6.45) is 0. The number of nitrogens with zero attached hydrogens (tertiary/aromatic N) is 1. The van der Waals surface area contributed by atoms with Gasteiger partial charge in [0.25, 0.3) is 5.91 Å². The van der Waals surface area contributed by atoms with E-state index in [9.17, 15) is 22.8 Å². The zero-order chi connectivity index (χ0) is 14.9. The van der Waals surface area contributed by atoms with E-state index in [1.165, 1.54) is 0 Å². The Bertz CT molecular complexity index is 679. The van der Waals surface area contributed by atoms with Crippen LogP contribution in [0.3, 0.4) is 0 Å². The molecule has 20 heavy (non-hydrogen) atoms. The van der Waals surface area contributed by atoms with Gasteiger partial charge >= 0.3 is 5.97 Å². The predicted octanol–water partition coefficient (Wildman–Crippen LogP) is 2.51. The number of nitrogens with one attached hydrogen (secondary N) is 1. The van der Waals surface area contributed by atoms with E-state index < -0.39 is 29.3 Å². The van der Waals surface area contributed by atoms with E-state index in [1.807, 2.05) is 0 Å². The van der Waals surface area contributed by atoms with Crippen LogP contribution < -0.4 is 5.32 Å². The van der Waals surface area contributed by atoms with E-state index >= 15 is 0 Å². The molecular weight excluding hydrogens is 297 g/mol. The third kappa shape index (κ3) is 2.77. The zero-order valence-electron chi connectivity index (χ0n) is 9.49. The number of rotatable bonds is 3. The number of carboxylic acids is 1. The Morgan fingerprint density at radius 3 is 2.30 bits per heavy atom. The van der Waals surface area contributed by atoms with Gasteiger partial charge in [0.1, 0.15) is 0 Å². The zero-order valence-corrected chi connectivity index (χ0v) is 10.3. The highest BCUT2D eigenvalue weighted by atomic mass is 32.1. The molecule has 0 aliphatic heterocycles. The molecule has 1 heterocycles. The Kier molecular flexibility index (Phi) is 3.70. The van der Waals surface area contributed by atoms with Gasteiger partial charge in [0.2, 0.25) is 0 Å². The van der Waals surface area contributed by atoms with Crippen LogP contribution in [0.1, 0.15) is 20.3 Å². The summed E-state index contributed by atoms with van der Waals surface area (Å²) in [6, 6.07) is 1.20. The van der Waals surface area contributed by atoms with Gasteiger partial charge in [-0.3, -0.25) is 4.79 Å². The number of halogens is 3. The van der Waals surface area contributed by atoms with Crippen LogP contribution in [0.4, 0.5) is 18.9 Å². The molecule has 9 heteroatoms. The number of aromatic nitrogens is 1. The molecule has 0 radical (unpaired) electrons. The number of carbonyl (C=O) groups is 2. The average molecular weight is 302 g/mol. The van der Waals surface area contributed by atoms with Crippen molar-refractivity contribution in [2.24, 2.45) is 0 Å². The van der Waals surface area contributed by atoms with Gasteiger partial charge in [0, 0.05) is 23.2 Å². The summed E-state index contributed by atoms with van der Waals surface area (Å²) in [5, 5.41) is 11.7. The summed E-state index contributed by atoms with van der Waals surface area (Å²) < 4.78 is 38.6. The Labute approximate surface area is 113 Å². The van der Waals surface area contributed by atoms with Crippen molar-refractivity contribution >= 4 is 28.9 Å². The van der Waals surface area contributed by atoms with Crippen molar-refractivity contribution in [1.29, 1.82) is 0 Å². The number of anilines is 1. The second-order valence-electron chi connectivity index (χ2n) is 3.55. The third-order valence-corrected chi connectivity index (χ3v) is 3.00. The molecule has 2 N–H and O–H groups in total. The van der Waals surface area contributed by atoms with E-state index in [1.54, 1.807) is 0 Å². The molecule has 0 saturated heterocycles. The molecule has 104 valence electrons. The number of aromatic carboxylic acids is 1. The highest BCUT2D eigenvalue weighted by Gasteiger charge is 2.17. The van der Waals surface area contributed by atoms with Crippen molar-refractivity contribution in [1.82, 2.24) is 4.98 Å². The largest absolute Gasteiger partial charge is 0.476 e. The maximum atomic E-state index is 12.9. The summed E-state index contributed by atoms with van der Waals surface area (Å²) in [5.74, 6) is -6.71. The molecule has 2 aromatic rings. The topological polar surface area (TPSA) is 79.3 Å². The van der Waals surface area contributed by atoms with Crippen molar-refractivity contribution in [3.8, 4) is 0 Å². The highest BCUT2D eigenvalue weighted by molar-refractivity contribution is 7.12. The normalized spacial score (nSPS) is 10.3. The second kappa shape index (κ2) is 5.29. The van der Waals surface area contributed by atoms with Gasteiger partial charge in [0.05, 0.1) is 0 Å². The van der Waals surface area contributed by atoms with Crippen LogP contribution in [0, 0.1) is 17.5 Å². The van der Waals surface area contributed by atoms with Crippen LogP contribution in [-0.2, 0) is 0 Å². The minimum Gasteiger partial charge on any atom is -0.476 e. The molecule has 2 rings (SSSR count). The number of carbonyl (C=O) groups excluding carboxylic acids is 1. The molecule has 0 aliphatic carbocycles. The summed E-state index contributed by atoms with van der Waals surface area (Å²) in [4.78, 5) is 25.8. The summed E-state index contributed by atoms with van der Waals surface area (Å²) in [6.45, 7) is 0. The Morgan fingerprint density at radius 1 is 1.20 bits per heavy atom. The first-order valence-electron chi connectivity index (χ1n) is 5.03. The van der Waals surface area contributed by atoms with Gasteiger partial charge in [-0.15, -0.1) is 11.3 Å². The van der Waals surface area contributed by atoms with Gasteiger partial charge in [0.15, 0.2) is 28.2 Å². The summed E-state index contributed by atoms with van der Waals surface area (Å²) >= 11 is 0.751. The molecule has 5 nitrogen and oxygen atoms in total. The first kappa shape index (κ1) is 14.0. The Balaban J connectivity index is 2.21. The summed E-state index contributed by atoms with van der Waals surface area (Å²) in [7, 11) is 0. The number of amides is 1. The molecule has 1 aromatic carbocycles. The molecule has 1 amide bonds. The lowest BCUT2D eigenvalue weighted by molar-refractivity contribution is 0.0691. The number of carboxylic acid groups (broad SMARTS) is 1. The van der Waals surface area contributed by atoms with Gasteiger partial charge in [-0.2, -0.15) is 0 Å². The van der Waals surface area contributed by atoms with E-state index in [-0.39, 0.29) is 16.4 Å². The Morgan fingerprint density at radius 2 is 1.80 bits per heavy atom. The van der Waals surface area contributed by atoms with Gasteiger partial charge in [-0.05, 0) is 0 Å². The minimum atomic E-state index is -1.65. The third-order valence-electron chi connectivity index (χ3n) is 2.16. The average Bonchev–Trinajstić information content (AvgIpc) is 2.85. The SMILES string of the molecule is O=C(O)c1csc(C(=O)Nc2cc(F)c(F)c(F)c2)n1. The highest BCUT2D eigenvalue weighted by Crippen LogP contribution is 2.19. The lowest BCUT2D eigenvalue weighted by Gasteiger charge is -2.04. The quantitative estimate of drug-likeness (QED) is 0.854. The van der Waals surface area contributed by atoms with Crippen LogP contribution in [-0.4, -0.2) is 22.0 Å². The molecule has 0 atom stereocenters. The van der Waals surface area contributed by atoms with E-state index in [2.05, 4.69) is 10.3 Å². The van der Waals surface area contributed by atoms with Gasteiger partial charge in [-0.1, -0.05) is 0 Å². The molecule has 0 saturated carbocycles. The van der Waals surface area contributed by atoms with Crippen LogP contribution in [0.25, 0.3) is 0 Å². The standard InChI is InChI=1S/C11H5F3N2O3S/c12-5-1-4(2-6(13)8(5)14)15-9(17)10-16-7(3-20-10)11(18)19/h1-3H,(H,15,17)(H,18,19). The number of hydrogen-bond acceptors (Lipinski definition) is 4. The van der Waals surface area contributed by atoms with E-state index in [0.717, 1.165) is 16.7 Å². The number of thiazole rings is 1. The minimum absolute atomic E-state index is 0.201. The first-order chi connectivity index (χ1) is 9.38. The van der Waals surface area contributed by atoms with E-state index in [4.69, 9.17) is 5.11 Å². The predicted molar refractivity (Wildman–Crippen MR) is 63.3 cm³/mol. The number of benzene rings is 1. The monoisotopic (exact) mass is 302 g/mol. The lowest BCUT2D eigenvalue weighted by atomic mass is 10.3. The molecule has 0 spiro atoms. The maximum Gasteiger partial charge on any atom is 0.355 e. The maximum absolute atomic E-state index is 12.9. The van der Waals surface area contributed by atoms with Crippen molar-refractivity contribution in [3.63, 3.8) is 0 Å². The molecular formula is C11H5F3N2O3S. The van der Waals surface area contributed by atoms with Crippen LogP contribution >= 0.6 is 11.3 Å². The van der Waals surface area contributed by atoms with Crippen molar-refractivity contribution in [2.45, 2.75) is 0 Å². The van der Waals surface area contributed by atoms with E-state index in [0.29, 0.717) is 12.1 Å². The fraction of sp³-hybridized carbons (Fsp3) is 0. The lowest BCUT2D eigenvalue weighted by Crippen LogP contribution is -2.13. The smallest absolute Gasteiger partial charge is 0.355 e. The molecule has 1 aromatic heterocycles. The molecule has 0 aliphatic rings. The summed E-state index contributed by atoms with van der Waals surface area (Å²) in [5.41, 5.74) is -0.630. The van der Waals surface area contributed by atoms with Gasteiger partial charge in [-0.25, -0.2) is 22.9 Å². The van der Waals surface area contributed by atoms with Crippen LogP contribution in [0.2, 0.25) is 0 Å². The fourth-order valence-corrected chi connectivity index (χ4v) is 1.97. The molecule has 0 bridgehead atoms.